The highest BCUT2D eigenvalue weighted by molar-refractivity contribution is 5.73. The molecule has 5 N–H and O–H groups in total. The van der Waals surface area contributed by atoms with Crippen LogP contribution < -0.4 is 5.32 Å². The van der Waals surface area contributed by atoms with Crippen molar-refractivity contribution < 1.29 is 30.0 Å². The van der Waals surface area contributed by atoms with Crippen LogP contribution in [0.3, 0.4) is 0 Å². The number of rotatable bonds is 2. The number of hydrogen-bond donors (Lipinski definition) is 5. The van der Waals surface area contributed by atoms with Crippen molar-refractivity contribution in [2.24, 2.45) is 0 Å². The average molecular weight is 223 g/mol. The number of aliphatic hydroxyl groups is 4. The third-order valence-electron chi connectivity index (χ3n) is 2.27. The van der Waals surface area contributed by atoms with Gasteiger partial charge in [-0.1, -0.05) is 0 Å². The highest BCUT2D eigenvalue weighted by Gasteiger charge is 2.43. The molecule has 1 heterocycles. The van der Waals surface area contributed by atoms with Gasteiger partial charge in [-0.15, -0.1) is 0 Å². The van der Waals surface area contributed by atoms with E-state index in [0.717, 1.165) is 0 Å². The molecule has 0 aliphatic carbocycles. The van der Waals surface area contributed by atoms with Crippen LogP contribution in [0.25, 0.3) is 0 Å². The molecule has 7 nitrogen and oxygen atoms in total. The van der Waals surface area contributed by atoms with E-state index in [1.807, 2.05) is 0 Å². The van der Waals surface area contributed by atoms with Crippen LogP contribution in [0.1, 0.15) is 6.92 Å². The highest BCUT2D eigenvalue weighted by Crippen LogP contribution is 2.19. The van der Waals surface area contributed by atoms with Gasteiger partial charge in [-0.05, 0) is 0 Å². The van der Waals surface area contributed by atoms with Gasteiger partial charge in [0.05, 0.1) is 6.61 Å². The average Bonchev–Trinajstić information content (AvgIpc) is 2.18. The summed E-state index contributed by atoms with van der Waals surface area (Å²) < 4.78 is 4.81. The summed E-state index contributed by atoms with van der Waals surface area (Å²) in [6.07, 6.45) is -5.24. The summed E-state index contributed by atoms with van der Waals surface area (Å²) in [5.74, 6) is -0.462. The van der Waals surface area contributed by atoms with Gasteiger partial charge in [0.15, 0.2) is 6.29 Å². The van der Waals surface area contributed by atoms with Gasteiger partial charge in [0.1, 0.15) is 24.4 Å². The van der Waals surface area contributed by atoms with Crippen LogP contribution in [0.2, 0.25) is 0 Å². The predicted octanol–water partition coefficient (Wildman–Crippen LogP) is -3.08. The Morgan fingerprint density at radius 3 is 2.40 bits per heavy atom. The van der Waals surface area contributed by atoms with E-state index < -0.39 is 43.2 Å². The summed E-state index contributed by atoms with van der Waals surface area (Å²) in [5, 5.41) is 39.4. The fourth-order valence-electron chi connectivity index (χ4n) is 1.49. The summed E-state index contributed by atoms with van der Waals surface area (Å²) in [7, 11) is 0. The van der Waals surface area contributed by atoms with Gasteiger partial charge in [0, 0.05) is 6.92 Å². The van der Waals surface area contributed by atoms with E-state index in [4.69, 9.17) is 9.84 Å². The molecule has 88 valence electrons. The summed E-state index contributed by atoms with van der Waals surface area (Å²) in [6, 6.07) is -1.10. The van der Waals surface area contributed by atoms with E-state index in [1.54, 1.807) is 0 Å². The summed E-state index contributed by atoms with van der Waals surface area (Å²) in [4.78, 5) is 10.7. The Labute approximate surface area is 86.3 Å². The third-order valence-corrected chi connectivity index (χ3v) is 2.27. The summed E-state index contributed by atoms with van der Waals surface area (Å²) >= 11 is 0. The van der Waals surface area contributed by atoms with Crippen molar-refractivity contribution in [3.8, 4) is 0 Å². The lowest BCUT2D eigenvalue weighted by molar-refractivity contribution is -0.253. The number of amides is 1. The van der Waals surface area contributed by atoms with Crippen molar-refractivity contribution in [2.45, 2.75) is 37.6 Å². The zero-order valence-corrected chi connectivity index (χ0v) is 8.20. The Hall–Kier alpha value is -0.730. The summed E-state index contributed by atoms with van der Waals surface area (Å²) in [6.45, 7) is 0.687. The smallest absolute Gasteiger partial charge is 0.217 e. The van der Waals surface area contributed by atoms with Gasteiger partial charge in [-0.3, -0.25) is 4.79 Å². The molecule has 0 aromatic carbocycles. The first-order valence-electron chi connectivity index (χ1n) is 4.55. The largest absolute Gasteiger partial charge is 0.394 e. The summed E-state index contributed by atoms with van der Waals surface area (Å²) in [5.41, 5.74) is 0. The van der Waals surface area contributed by atoms with Crippen molar-refractivity contribution in [2.75, 3.05) is 6.61 Å². The Bertz CT molecular complexity index is 235. The zero-order chi connectivity index (χ0) is 11.6. The van der Waals surface area contributed by atoms with E-state index in [0.29, 0.717) is 0 Å². The molecule has 5 atom stereocenters. The number of carbonyl (C=O) groups is 1. The fraction of sp³-hybridized carbons (Fsp3) is 0.875. The molecular weight excluding hydrogens is 208 g/mol. The molecule has 7 heteroatoms. The van der Waals surface area contributed by atoms with Gasteiger partial charge in [-0.25, -0.2) is 0 Å². The number of aliphatic hydroxyl groups excluding tert-OH is 4. The van der Waals surface area contributed by atoms with Gasteiger partial charge in [0.2, 0.25) is 5.91 Å². The molecule has 1 aliphatic rings. The molecule has 15 heavy (non-hydrogen) atoms. The van der Waals surface area contributed by atoms with E-state index >= 15 is 0 Å². The highest BCUT2D eigenvalue weighted by atomic mass is 18.1. The second-order valence-electron chi connectivity index (χ2n) is 3.46. The topological polar surface area (TPSA) is 119 Å². The lowest BCUT2D eigenvalue weighted by atomic mass is 9.97. The van der Waals surface area contributed by atoms with Crippen LogP contribution in [-0.4, -0.2) is 63.6 Å². The molecule has 0 spiro atoms. The Kier molecular flexibility index (Phi) is 4.00. The molecule has 0 aromatic rings. The SMILES string of the molecule is CC(=[18O])N[C@H]1C(O)O[C@H](CO)[C@@H](O)[C@@H]1O. The minimum absolute atomic E-state index is 0.462. The van der Waals surface area contributed by atoms with Crippen molar-refractivity contribution in [1.29, 1.82) is 0 Å². The van der Waals surface area contributed by atoms with Crippen molar-refractivity contribution >= 4 is 5.91 Å². The van der Waals surface area contributed by atoms with Crippen LogP contribution in [-0.2, 0) is 9.53 Å². The lowest BCUT2D eigenvalue weighted by Gasteiger charge is -2.40. The molecule has 1 saturated heterocycles. The monoisotopic (exact) mass is 223 g/mol. The molecule has 1 unspecified atom stereocenters. The van der Waals surface area contributed by atoms with Gasteiger partial charge in [-0.2, -0.15) is 0 Å². The zero-order valence-electron chi connectivity index (χ0n) is 8.20. The molecule has 1 fully saturated rings. The standard InChI is InChI=1S/C8H15NO6/c1-3(11)9-5-7(13)6(12)4(2-10)15-8(5)14/h4-8,10,12-14H,2H2,1H3,(H,9,11)/t4-,5-,6-,7-,8?/m1/s1/i11+2. The maximum Gasteiger partial charge on any atom is 0.217 e. The molecule has 1 rings (SSSR count). The molecular formula is C8H15NO6. The molecule has 0 radical (unpaired) electrons. The predicted molar refractivity (Wildman–Crippen MR) is 47.6 cm³/mol. The third kappa shape index (κ3) is 2.64. The number of nitrogens with one attached hydrogen (secondary N) is 1. The van der Waals surface area contributed by atoms with E-state index in [-0.39, 0.29) is 0 Å². The van der Waals surface area contributed by atoms with Gasteiger partial charge >= 0.3 is 0 Å². The number of hydrogen-bond acceptors (Lipinski definition) is 6. The van der Waals surface area contributed by atoms with Crippen LogP contribution in [0.15, 0.2) is 0 Å². The quantitative estimate of drug-likeness (QED) is 0.317. The maximum atomic E-state index is 10.7. The molecule has 0 aromatic heterocycles. The van der Waals surface area contributed by atoms with E-state index in [9.17, 15) is 20.1 Å². The maximum absolute atomic E-state index is 10.7. The Morgan fingerprint density at radius 1 is 1.33 bits per heavy atom. The number of carbonyl (C=O) groups excluding carboxylic acids is 1. The first-order chi connectivity index (χ1) is 6.97. The van der Waals surface area contributed by atoms with Gasteiger partial charge in [0.25, 0.3) is 0 Å². The molecule has 0 saturated carbocycles. The Morgan fingerprint density at radius 2 is 1.93 bits per heavy atom. The number of ether oxygens (including phenoxy) is 1. The normalized spacial score (nSPS) is 41.3. The van der Waals surface area contributed by atoms with Crippen LogP contribution in [0, 0.1) is 0 Å². The van der Waals surface area contributed by atoms with Crippen LogP contribution in [0.4, 0.5) is 0 Å². The minimum atomic E-state index is -1.45. The van der Waals surface area contributed by atoms with E-state index in [1.165, 1.54) is 6.92 Å². The van der Waals surface area contributed by atoms with Crippen LogP contribution in [0.5, 0.6) is 0 Å². The van der Waals surface area contributed by atoms with Gasteiger partial charge < -0.3 is 30.5 Å². The lowest BCUT2D eigenvalue weighted by Crippen LogP contribution is -2.63. The Balaban J connectivity index is 2.70. The van der Waals surface area contributed by atoms with Crippen molar-refractivity contribution in [3.05, 3.63) is 0 Å². The van der Waals surface area contributed by atoms with Crippen molar-refractivity contribution in [3.63, 3.8) is 0 Å². The molecule has 1 amide bonds. The van der Waals surface area contributed by atoms with Crippen molar-refractivity contribution in [1.82, 2.24) is 5.32 Å². The molecule has 1 aliphatic heterocycles. The first-order valence-corrected chi connectivity index (χ1v) is 4.55. The second-order valence-corrected chi connectivity index (χ2v) is 3.46. The molecule has 0 bridgehead atoms. The minimum Gasteiger partial charge on any atom is -0.394 e. The van der Waals surface area contributed by atoms with E-state index in [2.05, 4.69) is 5.32 Å². The first kappa shape index (κ1) is 12.3. The van der Waals surface area contributed by atoms with Crippen LogP contribution >= 0.6 is 0 Å². The second kappa shape index (κ2) is 4.86. The fourth-order valence-corrected chi connectivity index (χ4v) is 1.49.